The van der Waals surface area contributed by atoms with E-state index in [1.165, 1.54) is 12.8 Å². The monoisotopic (exact) mass is 184 g/mol. The van der Waals surface area contributed by atoms with E-state index in [0.29, 0.717) is 0 Å². The van der Waals surface area contributed by atoms with Crippen molar-refractivity contribution in [3.63, 3.8) is 0 Å². The van der Waals surface area contributed by atoms with Crippen LogP contribution in [-0.4, -0.2) is 25.0 Å². The molecule has 0 saturated heterocycles. The largest absolute Gasteiger partial charge is 0.356 e. The van der Waals surface area contributed by atoms with Crippen LogP contribution in [0.25, 0.3) is 0 Å². The van der Waals surface area contributed by atoms with E-state index in [2.05, 4.69) is 10.6 Å². The molecule has 0 aliphatic heterocycles. The number of nitrogens with one attached hydrogen (secondary N) is 2. The first kappa shape index (κ1) is 10.5. The van der Waals surface area contributed by atoms with E-state index < -0.39 is 0 Å². The normalized spacial score (nSPS) is 16.2. The minimum Gasteiger partial charge on any atom is -0.356 e. The molecule has 0 heterocycles. The molecule has 1 fully saturated rings. The lowest BCUT2D eigenvalue weighted by molar-refractivity contribution is -0.123. The Kier molecular flexibility index (Phi) is 4.22. The maximum absolute atomic E-state index is 11.1. The minimum atomic E-state index is 0.108. The third kappa shape index (κ3) is 4.88. The number of carbonyl (C=O) groups is 1. The van der Waals surface area contributed by atoms with E-state index in [4.69, 9.17) is 0 Å². The van der Waals surface area contributed by atoms with Crippen LogP contribution in [0.1, 0.15) is 33.1 Å². The first-order chi connectivity index (χ1) is 6.20. The van der Waals surface area contributed by atoms with Gasteiger partial charge in [-0.1, -0.05) is 13.8 Å². The second-order valence-corrected chi connectivity index (χ2v) is 4.03. The van der Waals surface area contributed by atoms with E-state index in [1.807, 2.05) is 13.8 Å². The second-order valence-electron chi connectivity index (χ2n) is 4.03. The third-order valence-electron chi connectivity index (χ3n) is 2.19. The van der Waals surface area contributed by atoms with Crippen molar-refractivity contribution in [2.24, 2.45) is 5.92 Å². The van der Waals surface area contributed by atoms with Crippen molar-refractivity contribution in [2.75, 3.05) is 13.1 Å². The molecule has 0 atom stereocenters. The third-order valence-corrected chi connectivity index (χ3v) is 2.19. The molecule has 3 heteroatoms. The van der Waals surface area contributed by atoms with E-state index >= 15 is 0 Å². The number of rotatable bonds is 6. The van der Waals surface area contributed by atoms with Crippen molar-refractivity contribution in [3.05, 3.63) is 0 Å². The molecule has 3 nitrogen and oxygen atoms in total. The molecule has 0 bridgehead atoms. The van der Waals surface area contributed by atoms with Gasteiger partial charge in [-0.05, 0) is 25.8 Å². The van der Waals surface area contributed by atoms with E-state index in [1.54, 1.807) is 0 Å². The molecule has 0 aromatic heterocycles. The highest BCUT2D eigenvalue weighted by molar-refractivity contribution is 5.77. The van der Waals surface area contributed by atoms with Crippen LogP contribution in [0.2, 0.25) is 0 Å². The van der Waals surface area contributed by atoms with Crippen molar-refractivity contribution < 1.29 is 4.79 Å². The van der Waals surface area contributed by atoms with Crippen molar-refractivity contribution in [1.82, 2.24) is 10.6 Å². The maximum atomic E-state index is 11.1. The summed E-state index contributed by atoms with van der Waals surface area (Å²) < 4.78 is 0. The lowest BCUT2D eigenvalue weighted by Crippen LogP contribution is -2.30. The van der Waals surface area contributed by atoms with Crippen LogP contribution in [0.5, 0.6) is 0 Å². The first-order valence-electron chi connectivity index (χ1n) is 5.21. The van der Waals surface area contributed by atoms with Gasteiger partial charge in [-0.2, -0.15) is 0 Å². The van der Waals surface area contributed by atoms with Crippen LogP contribution in [0.15, 0.2) is 0 Å². The molecule has 13 heavy (non-hydrogen) atoms. The Morgan fingerprint density at radius 1 is 1.38 bits per heavy atom. The van der Waals surface area contributed by atoms with Gasteiger partial charge in [-0.15, -0.1) is 0 Å². The Bertz CT molecular complexity index is 164. The molecule has 0 aromatic carbocycles. The molecule has 0 aromatic rings. The summed E-state index contributed by atoms with van der Waals surface area (Å²) in [4.78, 5) is 11.1. The Balaban J connectivity index is 1.85. The van der Waals surface area contributed by atoms with Crippen molar-refractivity contribution in [3.8, 4) is 0 Å². The van der Waals surface area contributed by atoms with Gasteiger partial charge in [0.1, 0.15) is 0 Å². The summed E-state index contributed by atoms with van der Waals surface area (Å²) in [6.45, 7) is 5.66. The van der Waals surface area contributed by atoms with Crippen molar-refractivity contribution in [1.29, 1.82) is 0 Å². The lowest BCUT2D eigenvalue weighted by Gasteiger charge is -2.07. The summed E-state index contributed by atoms with van der Waals surface area (Å²) in [6.07, 6.45) is 3.70. The summed E-state index contributed by atoms with van der Waals surface area (Å²) >= 11 is 0. The van der Waals surface area contributed by atoms with Gasteiger partial charge in [-0.25, -0.2) is 0 Å². The fourth-order valence-corrected chi connectivity index (χ4v) is 1.10. The van der Waals surface area contributed by atoms with Gasteiger partial charge in [0.15, 0.2) is 0 Å². The SMILES string of the molecule is CC(C)C(=O)NCCCNC1CC1. The molecule has 1 aliphatic rings. The average molecular weight is 184 g/mol. The Morgan fingerprint density at radius 2 is 2.08 bits per heavy atom. The first-order valence-corrected chi connectivity index (χ1v) is 5.21. The molecule has 76 valence electrons. The van der Waals surface area contributed by atoms with Gasteiger partial charge in [0.2, 0.25) is 5.91 Å². The molecular weight excluding hydrogens is 164 g/mol. The molecule has 1 aliphatic carbocycles. The van der Waals surface area contributed by atoms with Gasteiger partial charge in [-0.3, -0.25) is 4.79 Å². The van der Waals surface area contributed by atoms with Crippen LogP contribution < -0.4 is 10.6 Å². The molecule has 1 rings (SSSR count). The minimum absolute atomic E-state index is 0.108. The molecule has 0 spiro atoms. The molecule has 0 unspecified atom stereocenters. The lowest BCUT2D eigenvalue weighted by atomic mass is 10.2. The molecule has 1 saturated carbocycles. The van der Waals surface area contributed by atoms with Crippen LogP contribution >= 0.6 is 0 Å². The highest BCUT2D eigenvalue weighted by Crippen LogP contribution is 2.18. The van der Waals surface area contributed by atoms with Gasteiger partial charge in [0.25, 0.3) is 0 Å². The van der Waals surface area contributed by atoms with E-state index in [9.17, 15) is 4.79 Å². The predicted molar refractivity (Wildman–Crippen MR) is 53.5 cm³/mol. The van der Waals surface area contributed by atoms with Crippen molar-refractivity contribution in [2.45, 2.75) is 39.2 Å². The molecule has 0 radical (unpaired) electrons. The number of carbonyl (C=O) groups excluding carboxylic acids is 1. The van der Waals surface area contributed by atoms with E-state index in [0.717, 1.165) is 25.6 Å². The zero-order valence-corrected chi connectivity index (χ0v) is 8.60. The number of hydrogen-bond donors (Lipinski definition) is 2. The smallest absolute Gasteiger partial charge is 0.222 e. The molecule has 2 N–H and O–H groups in total. The highest BCUT2D eigenvalue weighted by atomic mass is 16.1. The Hall–Kier alpha value is -0.570. The number of hydrogen-bond acceptors (Lipinski definition) is 2. The molecule has 1 amide bonds. The van der Waals surface area contributed by atoms with Crippen LogP contribution in [0.4, 0.5) is 0 Å². The Morgan fingerprint density at radius 3 is 2.62 bits per heavy atom. The molecular formula is C10H20N2O. The van der Waals surface area contributed by atoms with Gasteiger partial charge in [0, 0.05) is 18.5 Å². The zero-order valence-electron chi connectivity index (χ0n) is 8.60. The number of amides is 1. The predicted octanol–water partition coefficient (Wildman–Crippen LogP) is 0.901. The maximum Gasteiger partial charge on any atom is 0.222 e. The van der Waals surface area contributed by atoms with Gasteiger partial charge in [0.05, 0.1) is 0 Å². The summed E-state index contributed by atoms with van der Waals surface area (Å²) in [6, 6.07) is 0.779. The summed E-state index contributed by atoms with van der Waals surface area (Å²) in [5.41, 5.74) is 0. The van der Waals surface area contributed by atoms with Crippen LogP contribution in [0, 0.1) is 5.92 Å². The van der Waals surface area contributed by atoms with E-state index in [-0.39, 0.29) is 11.8 Å². The second kappa shape index (κ2) is 5.22. The summed E-state index contributed by atoms with van der Waals surface area (Å²) in [7, 11) is 0. The fourth-order valence-electron chi connectivity index (χ4n) is 1.10. The summed E-state index contributed by atoms with van der Waals surface area (Å²) in [5.74, 6) is 0.266. The summed E-state index contributed by atoms with van der Waals surface area (Å²) in [5, 5.41) is 6.31. The van der Waals surface area contributed by atoms with Crippen LogP contribution in [0.3, 0.4) is 0 Å². The average Bonchev–Trinajstić information content (AvgIpc) is 2.87. The topological polar surface area (TPSA) is 41.1 Å². The standard InChI is InChI=1S/C10H20N2O/c1-8(2)10(13)12-7-3-6-11-9-4-5-9/h8-9,11H,3-7H2,1-2H3,(H,12,13). The highest BCUT2D eigenvalue weighted by Gasteiger charge is 2.19. The van der Waals surface area contributed by atoms with Crippen molar-refractivity contribution >= 4 is 5.91 Å². The Labute approximate surface area is 80.3 Å². The van der Waals surface area contributed by atoms with Gasteiger partial charge >= 0.3 is 0 Å². The van der Waals surface area contributed by atoms with Gasteiger partial charge < -0.3 is 10.6 Å². The quantitative estimate of drug-likeness (QED) is 0.602. The van der Waals surface area contributed by atoms with Crippen LogP contribution in [-0.2, 0) is 4.79 Å². The zero-order chi connectivity index (χ0) is 9.68. The fraction of sp³-hybridized carbons (Fsp3) is 0.900.